The summed E-state index contributed by atoms with van der Waals surface area (Å²) in [7, 11) is 0. The van der Waals surface area contributed by atoms with E-state index in [4.69, 9.17) is 4.74 Å². The summed E-state index contributed by atoms with van der Waals surface area (Å²) in [5.41, 5.74) is 1.51. The Kier molecular flexibility index (Phi) is 4.68. The maximum atomic E-state index is 13.0. The number of nitrogens with zero attached hydrogens (tertiary/aromatic N) is 2. The molecule has 0 bridgehead atoms. The van der Waals surface area contributed by atoms with Gasteiger partial charge in [-0.1, -0.05) is 12.1 Å². The van der Waals surface area contributed by atoms with Crippen LogP contribution < -0.4 is 10.2 Å². The summed E-state index contributed by atoms with van der Waals surface area (Å²) in [4.78, 5) is 41.3. The highest BCUT2D eigenvalue weighted by Crippen LogP contribution is 2.37. The first-order valence-electron chi connectivity index (χ1n) is 9.90. The zero-order chi connectivity index (χ0) is 20.8. The topological polar surface area (TPSA) is 79.0 Å². The van der Waals surface area contributed by atoms with Crippen LogP contribution in [-0.4, -0.2) is 54.6 Å². The minimum absolute atomic E-state index is 0.0839. The molecule has 2 aromatic rings. The Morgan fingerprint density at radius 1 is 1.07 bits per heavy atom. The highest BCUT2D eigenvalue weighted by Gasteiger charge is 2.34. The van der Waals surface area contributed by atoms with Gasteiger partial charge in [-0.2, -0.15) is 0 Å². The maximum absolute atomic E-state index is 13.0. The summed E-state index contributed by atoms with van der Waals surface area (Å²) in [6.07, 6.45) is 0.579. The van der Waals surface area contributed by atoms with Gasteiger partial charge in [-0.15, -0.1) is 0 Å². The molecule has 1 N–H and O–H groups in total. The van der Waals surface area contributed by atoms with Gasteiger partial charge < -0.3 is 15.0 Å². The minimum atomic E-state index is -0.608. The van der Waals surface area contributed by atoms with Crippen molar-refractivity contribution >= 4 is 34.4 Å². The molecular weight excluding hydrogens is 370 g/mol. The number of alkyl carbamates (subject to hydrolysis) is 1. The fraction of sp³-hybridized carbons (Fsp3) is 0.409. The lowest BCUT2D eigenvalue weighted by Crippen LogP contribution is -2.45. The maximum Gasteiger partial charge on any atom is 0.407 e. The fourth-order valence-corrected chi connectivity index (χ4v) is 3.75. The number of carbonyl (C=O) groups is 3. The van der Waals surface area contributed by atoms with Gasteiger partial charge in [-0.3, -0.25) is 14.5 Å². The third-order valence-corrected chi connectivity index (χ3v) is 5.17. The third kappa shape index (κ3) is 3.52. The number of nitrogens with one attached hydrogen (secondary N) is 1. The Hall–Kier alpha value is -3.09. The van der Waals surface area contributed by atoms with Gasteiger partial charge >= 0.3 is 6.09 Å². The van der Waals surface area contributed by atoms with Crippen molar-refractivity contribution in [2.75, 3.05) is 31.1 Å². The van der Waals surface area contributed by atoms with Crippen LogP contribution >= 0.6 is 0 Å². The molecule has 0 spiro atoms. The van der Waals surface area contributed by atoms with Gasteiger partial charge in [0.25, 0.3) is 11.8 Å². The molecule has 3 amide bonds. The van der Waals surface area contributed by atoms with Crippen molar-refractivity contribution in [3.8, 4) is 0 Å². The zero-order valence-corrected chi connectivity index (χ0v) is 16.9. The summed E-state index contributed by atoms with van der Waals surface area (Å²) in [6.45, 7) is 7.51. The molecule has 0 aliphatic carbocycles. The van der Waals surface area contributed by atoms with E-state index in [1.54, 1.807) is 26.8 Å². The van der Waals surface area contributed by atoms with Crippen molar-refractivity contribution in [3.05, 3.63) is 41.5 Å². The quantitative estimate of drug-likeness (QED) is 0.805. The minimum Gasteiger partial charge on any atom is -0.444 e. The number of hydrogen-bond donors (Lipinski definition) is 1. The van der Waals surface area contributed by atoms with Crippen molar-refractivity contribution in [1.29, 1.82) is 0 Å². The highest BCUT2D eigenvalue weighted by atomic mass is 16.6. The van der Waals surface area contributed by atoms with Crippen LogP contribution in [0.3, 0.4) is 0 Å². The lowest BCUT2D eigenvalue weighted by atomic mass is 9.92. The SMILES string of the molecule is CC(C)(C)OC(=O)NCCN1C(=O)c2cccc3c(N4CCC4)ccc(c23)C1=O. The third-order valence-electron chi connectivity index (χ3n) is 5.17. The zero-order valence-electron chi connectivity index (χ0n) is 16.9. The van der Waals surface area contributed by atoms with E-state index in [-0.39, 0.29) is 24.9 Å². The molecule has 29 heavy (non-hydrogen) atoms. The van der Waals surface area contributed by atoms with Gasteiger partial charge in [0, 0.05) is 53.8 Å². The van der Waals surface area contributed by atoms with Crippen LogP contribution in [0.25, 0.3) is 10.8 Å². The average Bonchev–Trinajstić information content (AvgIpc) is 2.60. The van der Waals surface area contributed by atoms with Crippen molar-refractivity contribution in [3.63, 3.8) is 0 Å². The number of carbonyl (C=O) groups excluding carboxylic acids is 3. The molecule has 0 aromatic heterocycles. The van der Waals surface area contributed by atoms with E-state index in [0.29, 0.717) is 11.1 Å². The molecule has 0 unspecified atom stereocenters. The summed E-state index contributed by atoms with van der Waals surface area (Å²) in [5, 5.41) is 4.26. The Bertz CT molecular complexity index is 983. The molecule has 2 aromatic carbocycles. The number of hydrogen-bond acceptors (Lipinski definition) is 5. The van der Waals surface area contributed by atoms with Gasteiger partial charge in [0.1, 0.15) is 5.60 Å². The van der Waals surface area contributed by atoms with Crippen LogP contribution in [0.15, 0.2) is 30.3 Å². The van der Waals surface area contributed by atoms with Crippen molar-refractivity contribution in [1.82, 2.24) is 10.2 Å². The molecule has 1 saturated heterocycles. The van der Waals surface area contributed by atoms with E-state index in [1.807, 2.05) is 24.3 Å². The van der Waals surface area contributed by atoms with E-state index in [2.05, 4.69) is 10.2 Å². The van der Waals surface area contributed by atoms with Crippen LogP contribution in [0, 0.1) is 0 Å². The van der Waals surface area contributed by atoms with Crippen molar-refractivity contribution in [2.24, 2.45) is 0 Å². The van der Waals surface area contributed by atoms with E-state index in [0.717, 1.165) is 36.0 Å². The molecule has 2 aliphatic heterocycles. The molecule has 0 saturated carbocycles. The lowest BCUT2D eigenvalue weighted by Gasteiger charge is -2.35. The molecule has 152 valence electrons. The number of amides is 3. The number of anilines is 1. The van der Waals surface area contributed by atoms with E-state index >= 15 is 0 Å². The normalized spacial score (nSPS) is 16.1. The average molecular weight is 395 g/mol. The van der Waals surface area contributed by atoms with Gasteiger partial charge in [0.05, 0.1) is 0 Å². The van der Waals surface area contributed by atoms with E-state index < -0.39 is 11.7 Å². The summed E-state index contributed by atoms with van der Waals surface area (Å²) in [6, 6.07) is 9.36. The Morgan fingerprint density at radius 3 is 2.38 bits per heavy atom. The molecule has 2 aliphatic rings. The summed E-state index contributed by atoms with van der Waals surface area (Å²) in [5.74, 6) is -0.667. The predicted molar refractivity (Wildman–Crippen MR) is 110 cm³/mol. The molecule has 0 atom stereocenters. The van der Waals surface area contributed by atoms with Crippen LogP contribution in [0.2, 0.25) is 0 Å². The lowest BCUT2D eigenvalue weighted by molar-refractivity contribution is 0.0496. The van der Waals surface area contributed by atoms with Gasteiger partial charge in [0.2, 0.25) is 0 Å². The number of benzene rings is 2. The summed E-state index contributed by atoms with van der Waals surface area (Å²) >= 11 is 0. The highest BCUT2D eigenvalue weighted by molar-refractivity contribution is 6.26. The first kappa shape index (κ1) is 19.2. The number of ether oxygens (including phenoxy) is 1. The Morgan fingerprint density at radius 2 is 1.76 bits per heavy atom. The molecule has 2 heterocycles. The molecule has 0 radical (unpaired) electrons. The second kappa shape index (κ2) is 7.06. The number of imide groups is 1. The standard InChI is InChI=1S/C22H25N3O4/c1-22(2,3)29-21(28)23-10-13-25-19(26)15-7-4-6-14-17(24-11-5-12-24)9-8-16(18(14)15)20(25)27/h4,6-9H,5,10-13H2,1-3H3,(H,23,28). The summed E-state index contributed by atoms with van der Waals surface area (Å²) < 4.78 is 5.19. The van der Waals surface area contributed by atoms with Gasteiger partial charge in [-0.25, -0.2) is 4.79 Å². The van der Waals surface area contributed by atoms with Crippen LogP contribution in [0.5, 0.6) is 0 Å². The fourth-order valence-electron chi connectivity index (χ4n) is 3.75. The van der Waals surface area contributed by atoms with Crippen molar-refractivity contribution in [2.45, 2.75) is 32.8 Å². The second-order valence-corrected chi connectivity index (χ2v) is 8.39. The van der Waals surface area contributed by atoms with Crippen LogP contribution in [0.4, 0.5) is 10.5 Å². The van der Waals surface area contributed by atoms with Crippen LogP contribution in [0.1, 0.15) is 47.9 Å². The van der Waals surface area contributed by atoms with Gasteiger partial charge in [-0.05, 0) is 45.4 Å². The largest absolute Gasteiger partial charge is 0.444 e. The van der Waals surface area contributed by atoms with E-state index in [1.165, 1.54) is 4.90 Å². The van der Waals surface area contributed by atoms with Crippen molar-refractivity contribution < 1.29 is 19.1 Å². The second-order valence-electron chi connectivity index (χ2n) is 8.39. The number of rotatable bonds is 4. The molecule has 1 fully saturated rings. The Labute approximate surface area is 169 Å². The smallest absolute Gasteiger partial charge is 0.407 e. The molecular formula is C22H25N3O4. The Balaban J connectivity index is 1.56. The monoisotopic (exact) mass is 395 g/mol. The van der Waals surface area contributed by atoms with Crippen LogP contribution in [-0.2, 0) is 4.74 Å². The first-order valence-corrected chi connectivity index (χ1v) is 9.90. The molecule has 7 heteroatoms. The first-order chi connectivity index (χ1) is 13.8. The molecule has 4 rings (SSSR count). The molecule has 7 nitrogen and oxygen atoms in total. The van der Waals surface area contributed by atoms with E-state index in [9.17, 15) is 14.4 Å². The predicted octanol–water partition coefficient (Wildman–Crippen LogP) is 3.17. The van der Waals surface area contributed by atoms with Gasteiger partial charge in [0.15, 0.2) is 0 Å².